The number of carbonyl (C=O) groups is 1. The molecule has 0 aliphatic carbocycles. The van der Waals surface area contributed by atoms with E-state index in [9.17, 15) is 14.9 Å². The standard InChI is InChI=1S/C22H25NO5S/c1-2-3-4-5-6-7-8-21(24)27-19-13-9-17(10-14-19)22(29)28-20-15-11-18(12-16-20)23(25)26/h9-16H,2-8H2,1H3. The molecule has 0 aliphatic rings. The zero-order valence-electron chi connectivity index (χ0n) is 16.5. The van der Waals surface area contributed by atoms with E-state index < -0.39 is 4.92 Å². The molecule has 29 heavy (non-hydrogen) atoms. The van der Waals surface area contributed by atoms with Crippen LogP contribution in [-0.2, 0) is 4.79 Å². The van der Waals surface area contributed by atoms with E-state index in [1.807, 2.05) is 0 Å². The first kappa shape index (κ1) is 22.5. The van der Waals surface area contributed by atoms with Crippen LogP contribution in [-0.4, -0.2) is 15.9 Å². The molecule has 0 N–H and O–H groups in total. The lowest BCUT2D eigenvalue weighted by atomic mass is 10.1. The van der Waals surface area contributed by atoms with Crippen molar-refractivity contribution in [1.29, 1.82) is 0 Å². The topological polar surface area (TPSA) is 78.7 Å². The molecule has 0 atom stereocenters. The predicted molar refractivity (Wildman–Crippen MR) is 115 cm³/mol. The van der Waals surface area contributed by atoms with Gasteiger partial charge < -0.3 is 9.47 Å². The Balaban J connectivity index is 1.79. The van der Waals surface area contributed by atoms with Gasteiger partial charge in [0.15, 0.2) is 5.05 Å². The molecule has 154 valence electrons. The number of benzene rings is 2. The molecule has 2 aromatic rings. The van der Waals surface area contributed by atoms with Gasteiger partial charge in [0.1, 0.15) is 11.5 Å². The maximum atomic E-state index is 11.9. The number of non-ortho nitro benzene ring substituents is 1. The van der Waals surface area contributed by atoms with Crippen molar-refractivity contribution in [2.45, 2.75) is 51.9 Å². The lowest BCUT2D eigenvalue weighted by molar-refractivity contribution is -0.384. The summed E-state index contributed by atoms with van der Waals surface area (Å²) in [6, 6.07) is 12.4. The molecular formula is C22H25NO5S. The number of nitro benzene ring substituents is 1. The molecule has 0 heterocycles. The normalized spacial score (nSPS) is 10.4. The van der Waals surface area contributed by atoms with Gasteiger partial charge in [-0.3, -0.25) is 14.9 Å². The highest BCUT2D eigenvalue weighted by atomic mass is 32.1. The monoisotopic (exact) mass is 415 g/mol. The van der Waals surface area contributed by atoms with E-state index in [4.69, 9.17) is 21.7 Å². The average Bonchev–Trinajstić information content (AvgIpc) is 2.71. The molecule has 0 spiro atoms. The van der Waals surface area contributed by atoms with E-state index in [0.717, 1.165) is 19.3 Å². The van der Waals surface area contributed by atoms with Crippen LogP contribution in [0.2, 0.25) is 0 Å². The molecule has 0 amide bonds. The number of esters is 1. The van der Waals surface area contributed by atoms with Crippen molar-refractivity contribution < 1.29 is 19.2 Å². The number of rotatable bonds is 11. The van der Waals surface area contributed by atoms with Gasteiger partial charge in [0.2, 0.25) is 0 Å². The maximum absolute atomic E-state index is 11.9. The average molecular weight is 416 g/mol. The third kappa shape index (κ3) is 7.99. The zero-order valence-corrected chi connectivity index (χ0v) is 17.3. The number of hydrogen-bond acceptors (Lipinski definition) is 6. The van der Waals surface area contributed by atoms with Crippen molar-refractivity contribution in [1.82, 2.24) is 0 Å². The van der Waals surface area contributed by atoms with E-state index in [-0.39, 0.29) is 16.7 Å². The third-order valence-corrected chi connectivity index (χ3v) is 4.63. The lowest BCUT2D eigenvalue weighted by Gasteiger charge is -2.08. The molecule has 0 aromatic heterocycles. The van der Waals surface area contributed by atoms with Crippen LogP contribution in [0.3, 0.4) is 0 Å². The summed E-state index contributed by atoms with van der Waals surface area (Å²) in [5, 5.41) is 10.9. The van der Waals surface area contributed by atoms with Gasteiger partial charge in [0.25, 0.3) is 5.69 Å². The van der Waals surface area contributed by atoms with Crippen LogP contribution in [0.4, 0.5) is 5.69 Å². The van der Waals surface area contributed by atoms with Crippen LogP contribution in [0, 0.1) is 10.1 Å². The molecule has 0 unspecified atom stereocenters. The Bertz CT molecular complexity index is 818. The lowest BCUT2D eigenvalue weighted by Crippen LogP contribution is -2.09. The zero-order chi connectivity index (χ0) is 21.1. The smallest absolute Gasteiger partial charge is 0.311 e. The van der Waals surface area contributed by atoms with Crippen molar-refractivity contribution in [3.63, 3.8) is 0 Å². The van der Waals surface area contributed by atoms with Gasteiger partial charge in [0, 0.05) is 24.1 Å². The first-order valence-corrected chi connectivity index (χ1v) is 10.2. The van der Waals surface area contributed by atoms with Gasteiger partial charge in [-0.15, -0.1) is 0 Å². The van der Waals surface area contributed by atoms with Crippen LogP contribution < -0.4 is 9.47 Å². The Hall–Kier alpha value is -2.80. The third-order valence-electron chi connectivity index (χ3n) is 4.31. The molecule has 0 radical (unpaired) electrons. The second-order valence-corrected chi connectivity index (χ2v) is 7.03. The molecule has 0 saturated carbocycles. The molecule has 0 fully saturated rings. The quantitative estimate of drug-likeness (QED) is 0.112. The minimum absolute atomic E-state index is 0.0182. The van der Waals surface area contributed by atoms with Crippen molar-refractivity contribution in [2.24, 2.45) is 0 Å². The van der Waals surface area contributed by atoms with E-state index >= 15 is 0 Å². The Kier molecular flexibility index (Phi) is 9.24. The SMILES string of the molecule is CCCCCCCCC(=O)Oc1ccc(C(=S)Oc2ccc([N+](=O)[O-])cc2)cc1. The van der Waals surface area contributed by atoms with Gasteiger partial charge in [-0.05, 0) is 55.0 Å². The second-order valence-electron chi connectivity index (χ2n) is 6.66. The van der Waals surface area contributed by atoms with Crippen LogP contribution >= 0.6 is 12.2 Å². The highest BCUT2D eigenvalue weighted by Gasteiger charge is 2.09. The Morgan fingerprint density at radius 3 is 2.07 bits per heavy atom. The predicted octanol–water partition coefficient (Wildman–Crippen LogP) is 6.01. The van der Waals surface area contributed by atoms with E-state index in [0.29, 0.717) is 23.5 Å². The van der Waals surface area contributed by atoms with Crippen LogP contribution in [0.25, 0.3) is 0 Å². The number of ether oxygens (including phenoxy) is 2. The fraction of sp³-hybridized carbons (Fsp3) is 0.364. The second kappa shape index (κ2) is 11.9. The van der Waals surface area contributed by atoms with Crippen LogP contribution in [0.15, 0.2) is 48.5 Å². The highest BCUT2D eigenvalue weighted by Crippen LogP contribution is 2.20. The summed E-state index contributed by atoms with van der Waals surface area (Å²) in [4.78, 5) is 22.1. The highest BCUT2D eigenvalue weighted by molar-refractivity contribution is 7.80. The number of nitrogens with zero attached hydrogens (tertiary/aromatic N) is 1. The van der Waals surface area contributed by atoms with E-state index in [2.05, 4.69) is 6.92 Å². The van der Waals surface area contributed by atoms with Crippen molar-refractivity contribution in [3.05, 3.63) is 64.2 Å². The molecule has 2 rings (SSSR count). The minimum atomic E-state index is -0.478. The Labute approximate surface area is 176 Å². The molecule has 0 aliphatic heterocycles. The maximum Gasteiger partial charge on any atom is 0.311 e. The number of unbranched alkanes of at least 4 members (excludes halogenated alkanes) is 5. The molecular weight excluding hydrogens is 390 g/mol. The van der Waals surface area contributed by atoms with Gasteiger partial charge in [0.05, 0.1) is 4.92 Å². The molecule has 7 heteroatoms. The van der Waals surface area contributed by atoms with Crippen molar-refractivity contribution in [3.8, 4) is 11.5 Å². The fourth-order valence-corrected chi connectivity index (χ4v) is 2.93. The van der Waals surface area contributed by atoms with Gasteiger partial charge in [-0.25, -0.2) is 0 Å². The number of hydrogen-bond donors (Lipinski definition) is 0. The van der Waals surface area contributed by atoms with Crippen LogP contribution in [0.1, 0.15) is 57.4 Å². The summed E-state index contributed by atoms with van der Waals surface area (Å²) >= 11 is 5.25. The summed E-state index contributed by atoms with van der Waals surface area (Å²) in [6.45, 7) is 2.18. The van der Waals surface area contributed by atoms with E-state index in [1.165, 1.54) is 43.5 Å². The van der Waals surface area contributed by atoms with Crippen molar-refractivity contribution >= 4 is 28.9 Å². The number of nitro groups is 1. The van der Waals surface area contributed by atoms with Crippen LogP contribution in [0.5, 0.6) is 11.5 Å². The number of thiocarbonyl (C=S) groups is 1. The van der Waals surface area contributed by atoms with Crippen molar-refractivity contribution in [2.75, 3.05) is 0 Å². The van der Waals surface area contributed by atoms with E-state index in [1.54, 1.807) is 24.3 Å². The summed E-state index contributed by atoms with van der Waals surface area (Å²) in [5.41, 5.74) is 0.629. The fourth-order valence-electron chi connectivity index (χ4n) is 2.69. The summed E-state index contributed by atoms with van der Waals surface area (Å²) in [5.74, 6) is 0.635. The Morgan fingerprint density at radius 1 is 0.897 bits per heavy atom. The summed E-state index contributed by atoms with van der Waals surface area (Å²) in [7, 11) is 0. The largest absolute Gasteiger partial charge is 0.445 e. The molecule has 0 saturated heterocycles. The summed E-state index contributed by atoms with van der Waals surface area (Å²) in [6.07, 6.45) is 7.12. The molecule has 2 aromatic carbocycles. The first-order valence-electron chi connectivity index (χ1n) is 9.77. The first-order chi connectivity index (χ1) is 14.0. The summed E-state index contributed by atoms with van der Waals surface area (Å²) < 4.78 is 10.9. The minimum Gasteiger partial charge on any atom is -0.445 e. The number of carbonyl (C=O) groups excluding carboxylic acids is 1. The molecule has 6 nitrogen and oxygen atoms in total. The molecule has 0 bridgehead atoms. The van der Waals surface area contributed by atoms with Gasteiger partial charge in [-0.2, -0.15) is 0 Å². The Morgan fingerprint density at radius 2 is 1.45 bits per heavy atom. The van der Waals surface area contributed by atoms with Gasteiger partial charge in [-0.1, -0.05) is 39.0 Å². The van der Waals surface area contributed by atoms with Gasteiger partial charge >= 0.3 is 5.97 Å².